The average Bonchev–Trinajstić information content (AvgIpc) is 2.83. The van der Waals surface area contributed by atoms with Gasteiger partial charge in [0.1, 0.15) is 11.6 Å². The van der Waals surface area contributed by atoms with Crippen LogP contribution in [0.1, 0.15) is 15.9 Å². The highest BCUT2D eigenvalue weighted by atomic mass is 32.2. The molecule has 1 aromatic heterocycles. The van der Waals surface area contributed by atoms with E-state index in [0.29, 0.717) is 11.4 Å². The molecule has 0 spiro atoms. The van der Waals surface area contributed by atoms with Gasteiger partial charge in [-0.05, 0) is 73.2 Å². The lowest BCUT2D eigenvalue weighted by atomic mass is 10.1. The predicted octanol–water partition coefficient (Wildman–Crippen LogP) is 4.77. The van der Waals surface area contributed by atoms with Gasteiger partial charge in [0.05, 0.1) is 10.6 Å². The second-order valence-electron chi connectivity index (χ2n) is 7.17. The molecule has 3 aromatic carbocycles. The minimum absolute atomic E-state index is 0.104. The van der Waals surface area contributed by atoms with Crippen LogP contribution in [0.5, 0.6) is 11.8 Å². The van der Waals surface area contributed by atoms with Crippen LogP contribution in [0.2, 0.25) is 0 Å². The van der Waals surface area contributed by atoms with E-state index in [1.807, 2.05) is 0 Å². The SMILES string of the molecule is Cc1cc(Oc2ncccn2)ccc1NC(=O)c1ccc(S(=O)(=O)Nc2ccccc2F)cc1. The summed E-state index contributed by atoms with van der Waals surface area (Å²) in [7, 11) is -4.02. The van der Waals surface area contributed by atoms with Gasteiger partial charge in [0.2, 0.25) is 0 Å². The zero-order valence-electron chi connectivity index (χ0n) is 17.9. The van der Waals surface area contributed by atoms with E-state index in [1.54, 1.807) is 43.6 Å². The van der Waals surface area contributed by atoms with Gasteiger partial charge in [-0.25, -0.2) is 22.8 Å². The molecule has 0 unspecified atom stereocenters. The van der Waals surface area contributed by atoms with Gasteiger partial charge in [0, 0.05) is 23.6 Å². The Kier molecular flexibility index (Phi) is 6.51. The van der Waals surface area contributed by atoms with Crippen molar-refractivity contribution in [2.45, 2.75) is 11.8 Å². The maximum Gasteiger partial charge on any atom is 0.321 e. The van der Waals surface area contributed by atoms with E-state index in [0.717, 1.165) is 11.6 Å². The Morgan fingerprint density at radius 3 is 2.29 bits per heavy atom. The van der Waals surface area contributed by atoms with Crippen LogP contribution in [0.3, 0.4) is 0 Å². The summed E-state index contributed by atoms with van der Waals surface area (Å²) < 4.78 is 46.6. The van der Waals surface area contributed by atoms with Crippen molar-refractivity contribution < 1.29 is 22.3 Å². The number of carbonyl (C=O) groups is 1. The summed E-state index contributed by atoms with van der Waals surface area (Å²) in [5.74, 6) is -0.599. The lowest BCUT2D eigenvalue weighted by Gasteiger charge is -2.11. The van der Waals surface area contributed by atoms with Crippen molar-refractivity contribution >= 4 is 27.3 Å². The number of anilines is 2. The first kappa shape index (κ1) is 22.9. The average molecular weight is 479 g/mol. The smallest absolute Gasteiger partial charge is 0.321 e. The molecule has 0 aliphatic carbocycles. The van der Waals surface area contributed by atoms with Crippen LogP contribution >= 0.6 is 0 Å². The summed E-state index contributed by atoms with van der Waals surface area (Å²) in [6, 6.07) is 17.7. The number of nitrogens with zero attached hydrogens (tertiary/aromatic N) is 2. The first-order valence-electron chi connectivity index (χ1n) is 10.1. The highest BCUT2D eigenvalue weighted by Crippen LogP contribution is 2.25. The van der Waals surface area contributed by atoms with E-state index >= 15 is 0 Å². The number of sulfonamides is 1. The van der Waals surface area contributed by atoms with E-state index in [9.17, 15) is 17.6 Å². The summed E-state index contributed by atoms with van der Waals surface area (Å²) in [5.41, 5.74) is 1.40. The number of amides is 1. The number of ether oxygens (including phenoxy) is 1. The first-order valence-corrected chi connectivity index (χ1v) is 11.5. The Bertz CT molecular complexity index is 1430. The molecule has 34 heavy (non-hydrogen) atoms. The summed E-state index contributed by atoms with van der Waals surface area (Å²) in [4.78, 5) is 20.6. The second-order valence-corrected chi connectivity index (χ2v) is 8.86. The highest BCUT2D eigenvalue weighted by Gasteiger charge is 2.17. The number of halogens is 1. The van der Waals surface area contributed by atoms with Crippen LogP contribution in [0, 0.1) is 12.7 Å². The lowest BCUT2D eigenvalue weighted by Crippen LogP contribution is -2.15. The second kappa shape index (κ2) is 9.67. The minimum Gasteiger partial charge on any atom is -0.424 e. The molecular weight excluding hydrogens is 459 g/mol. The molecule has 1 heterocycles. The summed E-state index contributed by atoms with van der Waals surface area (Å²) in [6.45, 7) is 1.80. The number of nitrogens with one attached hydrogen (secondary N) is 2. The normalized spacial score (nSPS) is 11.0. The molecular formula is C24H19FN4O4S. The predicted molar refractivity (Wildman–Crippen MR) is 125 cm³/mol. The standard InChI is InChI=1S/C24H19FN4O4S/c1-16-15-18(33-24-26-13-4-14-27-24)9-12-21(16)28-23(30)17-7-10-19(11-8-17)34(31,32)29-22-6-3-2-5-20(22)25/h2-15,29H,1H3,(H,28,30). The quantitative estimate of drug-likeness (QED) is 0.396. The Balaban J connectivity index is 1.44. The van der Waals surface area contributed by atoms with Crippen LogP contribution < -0.4 is 14.8 Å². The number of aromatic nitrogens is 2. The third kappa shape index (κ3) is 5.36. The number of hydrogen-bond donors (Lipinski definition) is 2. The molecule has 0 bridgehead atoms. The molecule has 4 rings (SSSR count). The first-order chi connectivity index (χ1) is 16.3. The van der Waals surface area contributed by atoms with Crippen LogP contribution in [-0.4, -0.2) is 24.3 Å². The van der Waals surface area contributed by atoms with Crippen molar-refractivity contribution in [3.8, 4) is 11.8 Å². The van der Waals surface area contributed by atoms with Crippen molar-refractivity contribution in [2.75, 3.05) is 10.0 Å². The molecule has 172 valence electrons. The molecule has 10 heteroatoms. The number of benzene rings is 3. The van der Waals surface area contributed by atoms with Crippen molar-refractivity contribution in [1.82, 2.24) is 9.97 Å². The maximum atomic E-state index is 13.8. The van der Waals surface area contributed by atoms with Gasteiger partial charge >= 0.3 is 6.01 Å². The Morgan fingerprint density at radius 1 is 0.912 bits per heavy atom. The number of aryl methyl sites for hydroxylation is 1. The molecule has 0 aliphatic rings. The van der Waals surface area contributed by atoms with Crippen molar-refractivity contribution in [3.63, 3.8) is 0 Å². The van der Waals surface area contributed by atoms with Crippen LogP contribution in [0.4, 0.5) is 15.8 Å². The fourth-order valence-corrected chi connectivity index (χ4v) is 4.08. The largest absolute Gasteiger partial charge is 0.424 e. The maximum absolute atomic E-state index is 13.8. The number of para-hydroxylation sites is 1. The number of rotatable bonds is 7. The monoisotopic (exact) mass is 478 g/mol. The number of hydrogen-bond acceptors (Lipinski definition) is 6. The van der Waals surface area contributed by atoms with Crippen LogP contribution in [0.25, 0.3) is 0 Å². The van der Waals surface area contributed by atoms with Crippen molar-refractivity contribution in [2.24, 2.45) is 0 Å². The minimum atomic E-state index is -4.02. The zero-order valence-corrected chi connectivity index (χ0v) is 18.7. The molecule has 0 saturated heterocycles. The van der Waals surface area contributed by atoms with E-state index in [2.05, 4.69) is 20.0 Å². The van der Waals surface area contributed by atoms with E-state index in [1.165, 1.54) is 42.5 Å². The van der Waals surface area contributed by atoms with Crippen LogP contribution in [-0.2, 0) is 10.0 Å². The lowest BCUT2D eigenvalue weighted by molar-refractivity contribution is 0.102. The van der Waals surface area contributed by atoms with Gasteiger partial charge in [-0.2, -0.15) is 0 Å². The summed E-state index contributed by atoms with van der Waals surface area (Å²) >= 11 is 0. The molecule has 0 aliphatic heterocycles. The fourth-order valence-electron chi connectivity index (χ4n) is 3.01. The van der Waals surface area contributed by atoms with Crippen molar-refractivity contribution in [1.29, 1.82) is 0 Å². The Hall–Kier alpha value is -4.31. The van der Waals surface area contributed by atoms with Gasteiger partial charge in [-0.15, -0.1) is 0 Å². The highest BCUT2D eigenvalue weighted by molar-refractivity contribution is 7.92. The van der Waals surface area contributed by atoms with Gasteiger partial charge in [-0.1, -0.05) is 12.1 Å². The fraction of sp³-hybridized carbons (Fsp3) is 0.0417. The number of carbonyl (C=O) groups excluding carboxylic acids is 1. The zero-order chi connectivity index (χ0) is 24.1. The van der Waals surface area contributed by atoms with Gasteiger partial charge < -0.3 is 10.1 Å². The van der Waals surface area contributed by atoms with Crippen LogP contribution in [0.15, 0.2) is 90.1 Å². The van der Waals surface area contributed by atoms with Gasteiger partial charge in [-0.3, -0.25) is 9.52 Å². The third-order valence-electron chi connectivity index (χ3n) is 4.74. The molecule has 0 radical (unpaired) electrons. The van der Waals surface area contributed by atoms with Crippen molar-refractivity contribution in [3.05, 3.63) is 102 Å². The molecule has 0 saturated carbocycles. The topological polar surface area (TPSA) is 110 Å². The molecule has 8 nitrogen and oxygen atoms in total. The summed E-state index contributed by atoms with van der Waals surface area (Å²) in [6.07, 6.45) is 3.13. The Labute approximate surface area is 195 Å². The van der Waals surface area contributed by atoms with E-state index < -0.39 is 21.7 Å². The Morgan fingerprint density at radius 2 is 1.62 bits per heavy atom. The van der Waals surface area contributed by atoms with E-state index in [4.69, 9.17) is 4.74 Å². The molecule has 0 atom stereocenters. The van der Waals surface area contributed by atoms with Gasteiger partial charge in [0.25, 0.3) is 15.9 Å². The summed E-state index contributed by atoms with van der Waals surface area (Å²) in [5, 5.41) is 2.78. The molecule has 4 aromatic rings. The molecule has 2 N–H and O–H groups in total. The van der Waals surface area contributed by atoms with Gasteiger partial charge in [0.15, 0.2) is 0 Å². The molecule has 1 amide bonds. The third-order valence-corrected chi connectivity index (χ3v) is 6.12. The van der Waals surface area contributed by atoms with E-state index in [-0.39, 0.29) is 22.2 Å². The molecule has 0 fully saturated rings.